The number of piperidine rings is 1. The topological polar surface area (TPSA) is 65.1 Å². The van der Waals surface area contributed by atoms with Crippen molar-refractivity contribution in [2.45, 2.75) is 32.4 Å². The summed E-state index contributed by atoms with van der Waals surface area (Å²) in [4.78, 5) is 32.7. The third-order valence-electron chi connectivity index (χ3n) is 7.15. The SMILES string of the molecule is Cn1c(=O)c2c(nc(CN3CCC(Cc4ccccc4)CC3)n2Cc2ccccc2F)n(C)c1=O. The molecule has 1 saturated heterocycles. The molecule has 3 heterocycles. The molecule has 5 rings (SSSR count). The van der Waals surface area contributed by atoms with E-state index in [2.05, 4.69) is 29.2 Å². The molecule has 0 spiro atoms. The maximum absolute atomic E-state index is 14.5. The van der Waals surface area contributed by atoms with Gasteiger partial charge in [0, 0.05) is 19.7 Å². The summed E-state index contributed by atoms with van der Waals surface area (Å²) in [6, 6.07) is 17.1. The molecule has 1 aliphatic heterocycles. The van der Waals surface area contributed by atoms with E-state index in [4.69, 9.17) is 4.98 Å². The monoisotopic (exact) mass is 475 g/mol. The Hall–Kier alpha value is -3.52. The maximum Gasteiger partial charge on any atom is 0.332 e. The number of rotatable bonds is 6. The molecule has 8 heteroatoms. The number of nitrogens with zero attached hydrogens (tertiary/aromatic N) is 5. The second-order valence-electron chi connectivity index (χ2n) is 9.49. The third-order valence-corrected chi connectivity index (χ3v) is 7.15. The molecule has 1 fully saturated rings. The van der Waals surface area contributed by atoms with Crippen molar-refractivity contribution < 1.29 is 4.39 Å². The van der Waals surface area contributed by atoms with Gasteiger partial charge in [-0.05, 0) is 49.9 Å². The van der Waals surface area contributed by atoms with Gasteiger partial charge in [0.1, 0.15) is 11.6 Å². The van der Waals surface area contributed by atoms with Crippen LogP contribution in [0.5, 0.6) is 0 Å². The number of hydrogen-bond acceptors (Lipinski definition) is 4. The highest BCUT2D eigenvalue weighted by Gasteiger charge is 2.24. The van der Waals surface area contributed by atoms with Crippen molar-refractivity contribution in [2.75, 3.05) is 13.1 Å². The molecule has 0 saturated carbocycles. The Balaban J connectivity index is 1.44. The van der Waals surface area contributed by atoms with Gasteiger partial charge in [0.15, 0.2) is 11.2 Å². The lowest BCUT2D eigenvalue weighted by Gasteiger charge is -2.31. The summed E-state index contributed by atoms with van der Waals surface area (Å²) < 4.78 is 18.8. The number of benzene rings is 2. The lowest BCUT2D eigenvalue weighted by Crippen LogP contribution is -2.37. The van der Waals surface area contributed by atoms with Crippen LogP contribution >= 0.6 is 0 Å². The fourth-order valence-electron chi connectivity index (χ4n) is 5.08. The average Bonchev–Trinajstić information content (AvgIpc) is 3.22. The molecule has 2 aromatic carbocycles. The van der Waals surface area contributed by atoms with Gasteiger partial charge in [-0.25, -0.2) is 14.2 Å². The molecule has 182 valence electrons. The van der Waals surface area contributed by atoms with Crippen molar-refractivity contribution >= 4 is 11.2 Å². The van der Waals surface area contributed by atoms with Crippen molar-refractivity contribution in [3.8, 4) is 0 Å². The van der Waals surface area contributed by atoms with Crippen LogP contribution in [0.2, 0.25) is 0 Å². The first kappa shape index (κ1) is 23.2. The summed E-state index contributed by atoms with van der Waals surface area (Å²) in [5, 5.41) is 0. The Morgan fingerprint density at radius 2 is 1.60 bits per heavy atom. The zero-order valence-electron chi connectivity index (χ0n) is 20.2. The van der Waals surface area contributed by atoms with Gasteiger partial charge in [-0.1, -0.05) is 48.5 Å². The smallest absolute Gasteiger partial charge is 0.316 e. The van der Waals surface area contributed by atoms with E-state index in [9.17, 15) is 14.0 Å². The van der Waals surface area contributed by atoms with Crippen LogP contribution in [-0.2, 0) is 33.6 Å². The summed E-state index contributed by atoms with van der Waals surface area (Å²) in [7, 11) is 3.07. The van der Waals surface area contributed by atoms with E-state index in [1.165, 1.54) is 23.2 Å². The molecule has 0 bridgehead atoms. The van der Waals surface area contributed by atoms with E-state index in [1.54, 1.807) is 29.8 Å². The summed E-state index contributed by atoms with van der Waals surface area (Å²) in [5.41, 5.74) is 1.67. The molecule has 0 amide bonds. The Labute approximate surface area is 203 Å². The molecular weight excluding hydrogens is 445 g/mol. The Kier molecular flexibility index (Phi) is 6.38. The predicted octanol–water partition coefficient (Wildman–Crippen LogP) is 3.08. The highest BCUT2D eigenvalue weighted by Crippen LogP contribution is 2.24. The average molecular weight is 476 g/mol. The first-order valence-electron chi connectivity index (χ1n) is 12.1. The summed E-state index contributed by atoms with van der Waals surface area (Å²) in [6.07, 6.45) is 3.25. The Morgan fingerprint density at radius 3 is 2.31 bits per heavy atom. The van der Waals surface area contributed by atoms with E-state index in [0.29, 0.717) is 35.0 Å². The van der Waals surface area contributed by atoms with Gasteiger partial charge in [-0.2, -0.15) is 0 Å². The Morgan fingerprint density at radius 1 is 0.914 bits per heavy atom. The lowest BCUT2D eigenvalue weighted by molar-refractivity contribution is 0.172. The molecule has 0 atom stereocenters. The van der Waals surface area contributed by atoms with Crippen LogP contribution < -0.4 is 11.2 Å². The second-order valence-corrected chi connectivity index (χ2v) is 9.49. The van der Waals surface area contributed by atoms with Crippen LogP contribution in [0, 0.1) is 11.7 Å². The van der Waals surface area contributed by atoms with Crippen molar-refractivity contribution in [1.29, 1.82) is 0 Å². The van der Waals surface area contributed by atoms with Crippen LogP contribution in [0.15, 0.2) is 64.2 Å². The van der Waals surface area contributed by atoms with Crippen molar-refractivity contribution in [1.82, 2.24) is 23.6 Å². The van der Waals surface area contributed by atoms with Gasteiger partial charge in [0.05, 0.1) is 13.1 Å². The van der Waals surface area contributed by atoms with Gasteiger partial charge in [-0.15, -0.1) is 0 Å². The minimum Gasteiger partial charge on any atom is -0.316 e. The molecule has 0 unspecified atom stereocenters. The van der Waals surface area contributed by atoms with Crippen LogP contribution in [0.1, 0.15) is 29.8 Å². The van der Waals surface area contributed by atoms with Crippen LogP contribution in [0.25, 0.3) is 11.2 Å². The van der Waals surface area contributed by atoms with Crippen LogP contribution in [0.4, 0.5) is 4.39 Å². The van der Waals surface area contributed by atoms with E-state index < -0.39 is 11.2 Å². The van der Waals surface area contributed by atoms with Crippen molar-refractivity contribution in [2.24, 2.45) is 20.0 Å². The van der Waals surface area contributed by atoms with Gasteiger partial charge in [0.25, 0.3) is 5.56 Å². The molecule has 1 aliphatic rings. The molecule has 0 N–H and O–H groups in total. The summed E-state index contributed by atoms with van der Waals surface area (Å²) in [6.45, 7) is 2.57. The number of likely N-dealkylation sites (tertiary alicyclic amines) is 1. The fourth-order valence-corrected chi connectivity index (χ4v) is 5.08. The molecule has 2 aromatic heterocycles. The standard InChI is InChI=1S/C27H30FN5O2/c1-30-25-24(26(34)31(2)27(30)35)33(17-21-10-6-7-11-22(21)28)23(29-25)18-32-14-12-20(13-15-32)16-19-8-4-3-5-9-19/h3-11,20H,12-18H2,1-2H3. The minimum atomic E-state index is -0.425. The molecule has 7 nitrogen and oxygen atoms in total. The predicted molar refractivity (Wildman–Crippen MR) is 134 cm³/mol. The number of imidazole rings is 1. The van der Waals surface area contributed by atoms with Crippen LogP contribution in [-0.4, -0.2) is 36.7 Å². The van der Waals surface area contributed by atoms with Gasteiger partial charge in [-0.3, -0.25) is 18.8 Å². The quantitative estimate of drug-likeness (QED) is 0.430. The molecule has 4 aromatic rings. The zero-order chi connectivity index (χ0) is 24.5. The van der Waals surface area contributed by atoms with E-state index in [1.807, 2.05) is 6.07 Å². The van der Waals surface area contributed by atoms with E-state index in [-0.39, 0.29) is 12.4 Å². The molecule has 35 heavy (non-hydrogen) atoms. The highest BCUT2D eigenvalue weighted by atomic mass is 19.1. The van der Waals surface area contributed by atoms with Crippen molar-refractivity contribution in [3.05, 3.63) is 98.2 Å². The summed E-state index contributed by atoms with van der Waals surface area (Å²) in [5.74, 6) is 0.978. The first-order chi connectivity index (χ1) is 16.9. The highest BCUT2D eigenvalue weighted by molar-refractivity contribution is 5.71. The number of fused-ring (bicyclic) bond motifs is 1. The first-order valence-corrected chi connectivity index (χ1v) is 12.1. The Bertz CT molecular complexity index is 1460. The number of aromatic nitrogens is 4. The van der Waals surface area contributed by atoms with E-state index >= 15 is 0 Å². The zero-order valence-corrected chi connectivity index (χ0v) is 20.2. The molecular formula is C27H30FN5O2. The van der Waals surface area contributed by atoms with Crippen LogP contribution in [0.3, 0.4) is 0 Å². The van der Waals surface area contributed by atoms with Gasteiger partial charge >= 0.3 is 5.69 Å². The van der Waals surface area contributed by atoms with Crippen molar-refractivity contribution in [3.63, 3.8) is 0 Å². The van der Waals surface area contributed by atoms with E-state index in [0.717, 1.165) is 36.9 Å². The summed E-state index contributed by atoms with van der Waals surface area (Å²) >= 11 is 0. The second kappa shape index (κ2) is 9.62. The maximum atomic E-state index is 14.5. The number of halogens is 1. The minimum absolute atomic E-state index is 0.177. The number of hydrogen-bond donors (Lipinski definition) is 0. The third kappa shape index (κ3) is 4.58. The lowest BCUT2D eigenvalue weighted by atomic mass is 9.90. The largest absolute Gasteiger partial charge is 0.332 e. The fraction of sp³-hybridized carbons (Fsp3) is 0.370. The molecule has 0 aliphatic carbocycles. The molecule has 0 radical (unpaired) electrons. The number of aryl methyl sites for hydroxylation is 1. The van der Waals surface area contributed by atoms with Gasteiger partial charge in [0.2, 0.25) is 0 Å². The van der Waals surface area contributed by atoms with Gasteiger partial charge < -0.3 is 4.57 Å². The normalized spacial score (nSPS) is 15.2.